The fourth-order valence-corrected chi connectivity index (χ4v) is 11.9. The molecule has 2 amide bonds. The lowest BCUT2D eigenvalue weighted by molar-refractivity contribution is 0.0964. The van der Waals surface area contributed by atoms with Crippen molar-refractivity contribution in [2.75, 3.05) is 55.2 Å². The van der Waals surface area contributed by atoms with Gasteiger partial charge in [-0.05, 0) is 145 Å². The first kappa shape index (κ1) is 45.1. The van der Waals surface area contributed by atoms with Crippen LogP contribution < -0.4 is 26.6 Å². The number of nitrogens with one attached hydrogen (secondary N) is 3. The highest BCUT2D eigenvalue weighted by Gasteiger charge is 2.28. The standard InChI is InChI=1S/C28H30N6O.C27H26N4O3S/c29-27(35)21-6-4-20(5-7-21)26-13-12-25(28-30-14-15-34(26)28)31-22-8-10-24(11-9-22)33-18-16-32(17-19-33)23-2-1-3-23;32-27-24-7-3-20(14-22(24)16-30-27)25-8-4-21(26-29-11-12-31(25)26)13-18-1-5-23(6-2-18)35(33,34)17-19-9-10-28-15-19/h4-15,23,31H,1-3,16-19H2,(H2,29,35);1-8,11-12,14,19,28H,9-10,13,15-17H2,(H,30,32). The minimum atomic E-state index is -3.29. The molecule has 4 aromatic carbocycles. The van der Waals surface area contributed by atoms with E-state index in [1.165, 1.54) is 38.0 Å². The van der Waals surface area contributed by atoms with E-state index in [-0.39, 0.29) is 17.6 Å². The zero-order valence-corrected chi connectivity index (χ0v) is 39.7. The third-order valence-corrected chi connectivity index (χ3v) is 16.3. The molecule has 356 valence electrons. The van der Waals surface area contributed by atoms with Crippen molar-refractivity contribution in [3.05, 3.63) is 168 Å². The van der Waals surface area contributed by atoms with Gasteiger partial charge in [-0.25, -0.2) is 18.4 Å². The molecule has 1 aliphatic carbocycles. The van der Waals surface area contributed by atoms with Crippen molar-refractivity contribution in [3.63, 3.8) is 0 Å². The maximum Gasteiger partial charge on any atom is 0.251 e. The summed E-state index contributed by atoms with van der Waals surface area (Å²) in [5.74, 6) is -0.0632. The van der Waals surface area contributed by atoms with Crippen LogP contribution in [0.1, 0.15) is 63.1 Å². The molecular weight excluding hydrogens is 897 g/mol. The monoisotopic (exact) mass is 952 g/mol. The third kappa shape index (κ3) is 9.27. The number of hydrogen-bond donors (Lipinski definition) is 4. The smallest absolute Gasteiger partial charge is 0.251 e. The second-order valence-corrected chi connectivity index (χ2v) is 20.9. The number of rotatable bonds is 12. The largest absolute Gasteiger partial charge is 0.369 e. The molecule has 0 radical (unpaired) electrons. The number of benzene rings is 4. The number of sulfone groups is 1. The normalized spacial score (nSPS) is 17.2. The number of anilines is 3. The van der Waals surface area contributed by atoms with Gasteiger partial charge in [0.1, 0.15) is 5.65 Å². The Kier molecular flexibility index (Phi) is 12.4. The highest BCUT2D eigenvalue weighted by atomic mass is 32.2. The Hall–Kier alpha value is -7.33. The van der Waals surface area contributed by atoms with Gasteiger partial charge in [-0.1, -0.05) is 42.8 Å². The molecule has 2 saturated heterocycles. The van der Waals surface area contributed by atoms with Crippen LogP contribution in [0.2, 0.25) is 0 Å². The molecule has 1 atom stereocenters. The number of carbonyl (C=O) groups is 2. The average molecular weight is 953 g/mol. The highest BCUT2D eigenvalue weighted by molar-refractivity contribution is 7.91. The fraction of sp³-hybridized carbons (Fsp3) is 0.273. The Balaban J connectivity index is 0.000000152. The number of aromatic nitrogens is 4. The topological polar surface area (TPSA) is 171 Å². The second-order valence-electron chi connectivity index (χ2n) is 18.9. The van der Waals surface area contributed by atoms with Gasteiger partial charge in [-0.2, -0.15) is 0 Å². The van der Waals surface area contributed by atoms with Gasteiger partial charge in [0, 0.05) is 92.5 Å². The second kappa shape index (κ2) is 19.2. The van der Waals surface area contributed by atoms with Gasteiger partial charge < -0.3 is 26.6 Å². The zero-order chi connectivity index (χ0) is 47.8. The van der Waals surface area contributed by atoms with Crippen LogP contribution in [0.3, 0.4) is 0 Å². The summed E-state index contributed by atoms with van der Waals surface area (Å²) < 4.78 is 29.7. The average Bonchev–Trinajstić information content (AvgIpc) is 4.22. The maximum atomic E-state index is 12.8. The van der Waals surface area contributed by atoms with Gasteiger partial charge >= 0.3 is 0 Å². The number of fused-ring (bicyclic) bond motifs is 3. The summed E-state index contributed by atoms with van der Waals surface area (Å²) in [4.78, 5) is 38.0. The van der Waals surface area contributed by atoms with Crippen molar-refractivity contribution in [2.45, 2.75) is 49.6 Å². The van der Waals surface area contributed by atoms with Crippen LogP contribution in [0.5, 0.6) is 0 Å². The maximum absolute atomic E-state index is 12.8. The number of primary amides is 1. The van der Waals surface area contributed by atoms with Crippen LogP contribution in [0, 0.1) is 5.92 Å². The van der Waals surface area contributed by atoms with Gasteiger partial charge in [0.25, 0.3) is 5.91 Å². The van der Waals surface area contributed by atoms with Gasteiger partial charge in [0.05, 0.1) is 27.7 Å². The third-order valence-electron chi connectivity index (χ3n) is 14.4. The van der Waals surface area contributed by atoms with E-state index in [4.69, 9.17) is 5.73 Å². The van der Waals surface area contributed by atoms with Gasteiger partial charge in [0.2, 0.25) is 5.91 Å². The number of piperazine rings is 1. The van der Waals surface area contributed by atoms with Gasteiger partial charge in [0.15, 0.2) is 15.5 Å². The molecule has 0 bridgehead atoms. The number of imidazole rings is 2. The molecule has 14 nitrogen and oxygen atoms in total. The Morgan fingerprint density at radius 1 is 0.757 bits per heavy atom. The van der Waals surface area contributed by atoms with E-state index >= 15 is 0 Å². The number of pyridine rings is 2. The first-order valence-electron chi connectivity index (χ1n) is 24.2. The molecule has 8 aromatic rings. The molecule has 4 aliphatic rings. The van der Waals surface area contributed by atoms with Crippen molar-refractivity contribution in [3.8, 4) is 22.5 Å². The lowest BCUT2D eigenvalue weighted by Gasteiger charge is -2.43. The molecule has 12 rings (SSSR count). The first-order chi connectivity index (χ1) is 34.1. The molecule has 7 heterocycles. The first-order valence-corrected chi connectivity index (χ1v) is 25.9. The molecule has 15 heteroatoms. The lowest BCUT2D eigenvalue weighted by Crippen LogP contribution is -2.52. The Morgan fingerprint density at radius 2 is 1.46 bits per heavy atom. The van der Waals surface area contributed by atoms with Crippen molar-refractivity contribution in [1.82, 2.24) is 34.3 Å². The van der Waals surface area contributed by atoms with Crippen LogP contribution >= 0.6 is 0 Å². The van der Waals surface area contributed by atoms with Crippen molar-refractivity contribution < 1.29 is 18.0 Å². The van der Waals surface area contributed by atoms with E-state index < -0.39 is 15.7 Å². The van der Waals surface area contributed by atoms with E-state index in [1.807, 2.05) is 54.9 Å². The quantitative estimate of drug-likeness (QED) is 0.0950. The highest BCUT2D eigenvalue weighted by Crippen LogP contribution is 2.32. The van der Waals surface area contributed by atoms with Crippen LogP contribution in [-0.2, 0) is 22.8 Å². The molecule has 3 aliphatic heterocycles. The van der Waals surface area contributed by atoms with Crippen LogP contribution in [-0.4, -0.2) is 95.0 Å². The molecule has 3 fully saturated rings. The van der Waals surface area contributed by atoms with E-state index in [2.05, 4.69) is 93.1 Å². The van der Waals surface area contributed by atoms with Gasteiger partial charge in [-0.15, -0.1) is 0 Å². The van der Waals surface area contributed by atoms with Crippen LogP contribution in [0.15, 0.2) is 145 Å². The molecule has 5 N–H and O–H groups in total. The summed E-state index contributed by atoms with van der Waals surface area (Å²) in [6.07, 6.45) is 13.2. The Labute approximate surface area is 407 Å². The summed E-state index contributed by atoms with van der Waals surface area (Å²) >= 11 is 0. The van der Waals surface area contributed by atoms with Gasteiger partial charge in [-0.3, -0.25) is 23.3 Å². The van der Waals surface area contributed by atoms with E-state index in [0.29, 0.717) is 23.4 Å². The molecule has 0 spiro atoms. The number of nitrogens with zero attached hydrogens (tertiary/aromatic N) is 6. The molecule has 1 unspecified atom stereocenters. The van der Waals surface area contributed by atoms with Crippen molar-refractivity contribution in [2.24, 2.45) is 11.7 Å². The Bertz CT molecular complexity index is 3310. The summed E-state index contributed by atoms with van der Waals surface area (Å²) in [5.41, 5.74) is 18.7. The summed E-state index contributed by atoms with van der Waals surface area (Å²) in [6.45, 7) is 6.74. The molecular formula is C55H56N10O4S. The van der Waals surface area contributed by atoms with E-state index in [0.717, 1.165) is 106 Å². The molecule has 4 aromatic heterocycles. The Morgan fingerprint density at radius 3 is 2.16 bits per heavy atom. The number of carbonyl (C=O) groups excluding carboxylic acids is 2. The fourth-order valence-electron chi connectivity index (χ4n) is 10.3. The van der Waals surface area contributed by atoms with Crippen LogP contribution in [0.25, 0.3) is 33.8 Å². The molecule has 1 saturated carbocycles. The van der Waals surface area contributed by atoms with Crippen LogP contribution in [0.4, 0.5) is 17.1 Å². The molecule has 70 heavy (non-hydrogen) atoms. The van der Waals surface area contributed by atoms with E-state index in [1.54, 1.807) is 36.7 Å². The zero-order valence-electron chi connectivity index (χ0n) is 38.9. The summed E-state index contributed by atoms with van der Waals surface area (Å²) in [7, 11) is -3.29. The number of nitrogens with two attached hydrogens (primary N) is 1. The number of hydrogen-bond acceptors (Lipinski definition) is 10. The summed E-state index contributed by atoms with van der Waals surface area (Å²) in [6, 6.07) is 38.3. The predicted molar refractivity (Wildman–Crippen MR) is 274 cm³/mol. The SMILES string of the molecule is NC(=O)c1ccc(-c2ccc(Nc3ccc(N4CCN(C5CCC5)CC4)cc3)c3nccn23)cc1.O=C1NCc2cc(-c3ccc(Cc4ccc(S(=O)(=O)CC5CCNC5)cc4)c4nccn34)ccc21. The van der Waals surface area contributed by atoms with E-state index in [9.17, 15) is 18.0 Å². The summed E-state index contributed by atoms with van der Waals surface area (Å²) in [5, 5.41) is 9.63. The minimum absolute atomic E-state index is 0.0240. The lowest BCUT2D eigenvalue weighted by atomic mass is 9.91. The minimum Gasteiger partial charge on any atom is -0.369 e. The van der Waals surface area contributed by atoms with Crippen molar-refractivity contribution in [1.29, 1.82) is 0 Å². The number of amides is 2. The predicted octanol–water partition coefficient (Wildman–Crippen LogP) is 7.74. The van der Waals surface area contributed by atoms with Crippen molar-refractivity contribution >= 4 is 50.0 Å².